The first-order valence-electron chi connectivity index (χ1n) is 4.35. The molecule has 0 aliphatic rings. The van der Waals surface area contributed by atoms with Gasteiger partial charge in [-0.05, 0) is 35.0 Å². The Morgan fingerprint density at radius 2 is 2.33 bits per heavy atom. The van der Waals surface area contributed by atoms with Crippen LogP contribution in [0, 0.1) is 0 Å². The van der Waals surface area contributed by atoms with Gasteiger partial charge >= 0.3 is 0 Å². The molecule has 3 nitrogen and oxygen atoms in total. The van der Waals surface area contributed by atoms with Gasteiger partial charge in [-0.3, -0.25) is 9.00 Å². The first-order chi connectivity index (χ1) is 6.99. The minimum Gasteiger partial charge on any atom is -0.348 e. The van der Waals surface area contributed by atoms with E-state index in [4.69, 9.17) is 0 Å². The molecule has 0 bridgehead atoms. The molecule has 1 aromatic rings. The maximum absolute atomic E-state index is 11.6. The molecule has 0 aromatic carbocycles. The zero-order valence-corrected chi connectivity index (χ0v) is 11.7. The van der Waals surface area contributed by atoms with Crippen molar-refractivity contribution in [2.24, 2.45) is 0 Å². The van der Waals surface area contributed by atoms with Gasteiger partial charge in [0.25, 0.3) is 5.91 Å². The van der Waals surface area contributed by atoms with Crippen molar-refractivity contribution in [3.63, 3.8) is 0 Å². The fraction of sp³-hybridized carbons (Fsp3) is 0.444. The molecule has 0 aliphatic carbocycles. The summed E-state index contributed by atoms with van der Waals surface area (Å²) in [6.45, 7) is 1.85. The Morgan fingerprint density at radius 1 is 1.67 bits per heavy atom. The summed E-state index contributed by atoms with van der Waals surface area (Å²) >= 11 is 4.68. The first kappa shape index (κ1) is 12.9. The maximum atomic E-state index is 11.6. The molecule has 2 atom stereocenters. The monoisotopic (exact) mass is 309 g/mol. The number of nitrogens with one attached hydrogen (secondary N) is 1. The van der Waals surface area contributed by atoms with E-state index in [1.165, 1.54) is 11.3 Å². The molecule has 1 amide bonds. The van der Waals surface area contributed by atoms with Gasteiger partial charge in [0.2, 0.25) is 0 Å². The Labute approximate surface area is 104 Å². The second-order valence-corrected chi connectivity index (χ2v) is 7.16. The number of carbonyl (C=O) groups excluding carboxylic acids is 1. The van der Waals surface area contributed by atoms with Crippen LogP contribution in [-0.2, 0) is 10.8 Å². The Hall–Kier alpha value is -0.200. The van der Waals surface area contributed by atoms with Crippen LogP contribution in [-0.4, -0.2) is 28.2 Å². The van der Waals surface area contributed by atoms with Crippen LogP contribution in [0.3, 0.4) is 0 Å². The molecule has 0 spiro atoms. The van der Waals surface area contributed by atoms with Crippen molar-refractivity contribution >= 4 is 44.0 Å². The standard InChI is InChI=1S/C9H12BrNO2S2/c1-6(5-15(2)13)11-9(12)7-3-4-8(10)14-7/h3-4,6H,5H2,1-2H3,(H,11,12). The smallest absolute Gasteiger partial charge is 0.261 e. The highest BCUT2D eigenvalue weighted by molar-refractivity contribution is 9.11. The fourth-order valence-corrected chi connectivity index (χ4v) is 3.20. The Morgan fingerprint density at radius 3 is 2.80 bits per heavy atom. The molecule has 1 aromatic heterocycles. The van der Waals surface area contributed by atoms with Crippen LogP contribution in [0.5, 0.6) is 0 Å². The van der Waals surface area contributed by atoms with Crippen molar-refractivity contribution in [3.05, 3.63) is 20.8 Å². The third-order valence-electron chi connectivity index (χ3n) is 1.66. The van der Waals surface area contributed by atoms with E-state index in [0.717, 1.165) is 3.79 Å². The van der Waals surface area contributed by atoms with Crippen LogP contribution in [0.4, 0.5) is 0 Å². The second-order valence-electron chi connectivity index (χ2n) is 3.22. The van der Waals surface area contributed by atoms with E-state index in [-0.39, 0.29) is 11.9 Å². The van der Waals surface area contributed by atoms with Gasteiger partial charge in [0.05, 0.1) is 8.66 Å². The SMILES string of the molecule is CC(CS(C)=O)NC(=O)c1ccc(Br)s1. The minimum atomic E-state index is -0.884. The van der Waals surface area contributed by atoms with Gasteiger partial charge in [0, 0.05) is 28.9 Å². The molecule has 1 rings (SSSR count). The van der Waals surface area contributed by atoms with E-state index in [1.807, 2.05) is 13.0 Å². The van der Waals surface area contributed by atoms with Crippen LogP contribution in [0.2, 0.25) is 0 Å². The predicted octanol–water partition coefficient (Wildman–Crippen LogP) is 2.01. The molecule has 0 aliphatic heterocycles. The van der Waals surface area contributed by atoms with Crippen LogP contribution >= 0.6 is 27.3 Å². The van der Waals surface area contributed by atoms with Gasteiger partial charge in [0.1, 0.15) is 0 Å². The molecule has 6 heteroatoms. The normalized spacial score (nSPS) is 14.6. The van der Waals surface area contributed by atoms with Crippen molar-refractivity contribution < 1.29 is 9.00 Å². The lowest BCUT2D eigenvalue weighted by Gasteiger charge is -2.10. The average molecular weight is 310 g/mol. The molecule has 1 heterocycles. The molecule has 2 unspecified atom stereocenters. The van der Waals surface area contributed by atoms with Crippen LogP contribution in [0.1, 0.15) is 16.6 Å². The van der Waals surface area contributed by atoms with E-state index >= 15 is 0 Å². The number of carbonyl (C=O) groups is 1. The van der Waals surface area contributed by atoms with Crippen molar-refractivity contribution in [3.8, 4) is 0 Å². The van der Waals surface area contributed by atoms with Crippen molar-refractivity contribution in [2.45, 2.75) is 13.0 Å². The number of hydrogen-bond acceptors (Lipinski definition) is 3. The average Bonchev–Trinajstić information content (AvgIpc) is 2.49. The maximum Gasteiger partial charge on any atom is 0.261 e. The molecule has 0 saturated carbocycles. The lowest BCUT2D eigenvalue weighted by Crippen LogP contribution is -2.35. The molecule has 1 N–H and O–H groups in total. The summed E-state index contributed by atoms with van der Waals surface area (Å²) in [4.78, 5) is 12.3. The lowest BCUT2D eigenvalue weighted by molar-refractivity contribution is 0.0948. The fourth-order valence-electron chi connectivity index (χ4n) is 1.12. The molecule has 0 saturated heterocycles. The number of thiophene rings is 1. The third-order valence-corrected chi connectivity index (χ3v) is 4.25. The van der Waals surface area contributed by atoms with E-state index in [2.05, 4.69) is 21.2 Å². The minimum absolute atomic E-state index is 0.0655. The Bertz CT molecular complexity index is 378. The Kier molecular flexibility index (Phi) is 4.95. The van der Waals surface area contributed by atoms with E-state index in [0.29, 0.717) is 10.6 Å². The van der Waals surface area contributed by atoms with Gasteiger partial charge in [-0.15, -0.1) is 11.3 Å². The van der Waals surface area contributed by atoms with Crippen molar-refractivity contribution in [1.82, 2.24) is 5.32 Å². The summed E-state index contributed by atoms with van der Waals surface area (Å²) in [7, 11) is -0.884. The van der Waals surface area contributed by atoms with Gasteiger partial charge in [-0.25, -0.2) is 0 Å². The number of halogens is 1. The van der Waals surface area contributed by atoms with Crippen molar-refractivity contribution in [2.75, 3.05) is 12.0 Å². The summed E-state index contributed by atoms with van der Waals surface area (Å²) in [6.07, 6.45) is 1.63. The predicted molar refractivity (Wildman–Crippen MR) is 67.9 cm³/mol. The third kappa shape index (κ3) is 4.44. The van der Waals surface area contributed by atoms with Crippen LogP contribution in [0.15, 0.2) is 15.9 Å². The highest BCUT2D eigenvalue weighted by atomic mass is 79.9. The lowest BCUT2D eigenvalue weighted by atomic mass is 10.3. The summed E-state index contributed by atoms with van der Waals surface area (Å²) in [5, 5.41) is 2.80. The van der Waals surface area contributed by atoms with E-state index in [1.54, 1.807) is 12.3 Å². The quantitative estimate of drug-likeness (QED) is 0.925. The van der Waals surface area contributed by atoms with Gasteiger partial charge in [-0.1, -0.05) is 0 Å². The zero-order valence-electron chi connectivity index (χ0n) is 8.45. The topological polar surface area (TPSA) is 46.2 Å². The number of amides is 1. The molecular formula is C9H12BrNO2S2. The number of hydrogen-bond donors (Lipinski definition) is 1. The molecule has 0 fully saturated rings. The van der Waals surface area contributed by atoms with Gasteiger partial charge < -0.3 is 5.32 Å². The van der Waals surface area contributed by atoms with Gasteiger partial charge in [-0.2, -0.15) is 0 Å². The van der Waals surface area contributed by atoms with Crippen LogP contribution in [0.25, 0.3) is 0 Å². The zero-order chi connectivity index (χ0) is 11.4. The summed E-state index contributed by atoms with van der Waals surface area (Å²) in [6, 6.07) is 3.53. The van der Waals surface area contributed by atoms with E-state index < -0.39 is 10.8 Å². The first-order valence-corrected chi connectivity index (χ1v) is 7.69. The van der Waals surface area contributed by atoms with E-state index in [9.17, 15) is 9.00 Å². The molecule has 84 valence electrons. The summed E-state index contributed by atoms with van der Waals surface area (Å²) in [5.41, 5.74) is 0. The molecule has 0 radical (unpaired) electrons. The summed E-state index contributed by atoms with van der Waals surface area (Å²) < 4.78 is 11.9. The second kappa shape index (κ2) is 5.77. The Balaban J connectivity index is 2.52. The largest absolute Gasteiger partial charge is 0.348 e. The summed E-state index contributed by atoms with van der Waals surface area (Å²) in [5.74, 6) is 0.377. The molecule has 15 heavy (non-hydrogen) atoms. The highest BCUT2D eigenvalue weighted by Crippen LogP contribution is 2.21. The van der Waals surface area contributed by atoms with Crippen molar-refractivity contribution in [1.29, 1.82) is 0 Å². The number of rotatable bonds is 4. The van der Waals surface area contributed by atoms with Crippen LogP contribution < -0.4 is 5.32 Å². The molecular weight excluding hydrogens is 298 g/mol. The highest BCUT2D eigenvalue weighted by Gasteiger charge is 2.12. The van der Waals surface area contributed by atoms with Gasteiger partial charge in [0.15, 0.2) is 0 Å².